The first-order chi connectivity index (χ1) is 8.97. The molecule has 3 rings (SSSR count). The van der Waals surface area contributed by atoms with Gasteiger partial charge in [-0.3, -0.25) is 4.40 Å². The van der Waals surface area contributed by atoms with Crippen LogP contribution in [0.3, 0.4) is 0 Å². The Labute approximate surface area is 110 Å². The monoisotopic (exact) mass is 286 g/mol. The molecule has 19 heavy (non-hydrogen) atoms. The van der Waals surface area contributed by atoms with Gasteiger partial charge in [-0.15, -0.1) is 5.10 Å². The van der Waals surface area contributed by atoms with Crippen molar-refractivity contribution in [2.75, 3.05) is 0 Å². The first-order valence-electron chi connectivity index (χ1n) is 5.52. The molecule has 1 atom stereocenters. The summed E-state index contributed by atoms with van der Waals surface area (Å²) in [6.45, 7) is 1.12. The van der Waals surface area contributed by atoms with Crippen molar-refractivity contribution < 1.29 is 13.2 Å². The number of hydrogen-bond donors (Lipinski definition) is 1. The van der Waals surface area contributed by atoms with Gasteiger partial charge in [0.25, 0.3) is 0 Å². The Bertz CT molecular complexity index is 730. The molecule has 1 aromatic carbocycles. The Hall–Kier alpha value is -1.70. The molecule has 1 N–H and O–H groups in total. The number of hydrogen-bond acceptors (Lipinski definition) is 3. The van der Waals surface area contributed by atoms with Crippen molar-refractivity contribution in [3.8, 4) is 0 Å². The highest BCUT2D eigenvalue weighted by Gasteiger charge is 2.37. The number of benzene rings is 1. The number of rotatable bonds is 2. The average Bonchev–Trinajstić information content (AvgIpc) is 2.88. The van der Waals surface area contributed by atoms with Crippen LogP contribution in [0.1, 0.15) is 6.92 Å². The number of H-pyrrole nitrogens is 1. The molecule has 0 aliphatic carbocycles. The average molecular weight is 286 g/mol. The summed E-state index contributed by atoms with van der Waals surface area (Å²) < 4.78 is 39.4. The Morgan fingerprint density at radius 2 is 2.05 bits per heavy atom. The van der Waals surface area contributed by atoms with Crippen molar-refractivity contribution in [2.45, 2.75) is 23.5 Å². The highest BCUT2D eigenvalue weighted by Crippen LogP contribution is 2.34. The lowest BCUT2D eigenvalue weighted by molar-refractivity contribution is -0.125. The maximum atomic E-state index is 12.6. The third-order valence-corrected chi connectivity index (χ3v) is 3.85. The largest absolute Gasteiger partial charge is 0.400 e. The molecule has 0 saturated heterocycles. The molecule has 0 aliphatic rings. The van der Waals surface area contributed by atoms with Crippen LogP contribution >= 0.6 is 11.8 Å². The highest BCUT2D eigenvalue weighted by molar-refractivity contribution is 7.99. The Morgan fingerprint density at radius 1 is 1.32 bits per heavy atom. The molecule has 0 radical (unpaired) electrons. The summed E-state index contributed by atoms with van der Waals surface area (Å²) in [6.07, 6.45) is -4.26. The van der Waals surface area contributed by atoms with Gasteiger partial charge in [0.2, 0.25) is 5.78 Å². The zero-order valence-corrected chi connectivity index (χ0v) is 10.6. The molecule has 100 valence electrons. The maximum Gasteiger partial charge on any atom is 0.400 e. The van der Waals surface area contributed by atoms with Crippen LogP contribution in [0.25, 0.3) is 16.8 Å². The molecule has 0 spiro atoms. The van der Waals surface area contributed by atoms with Gasteiger partial charge in [-0.25, -0.2) is 10.1 Å². The predicted molar refractivity (Wildman–Crippen MR) is 66.2 cm³/mol. The summed E-state index contributed by atoms with van der Waals surface area (Å²) >= 11 is 0.662. The molecule has 0 amide bonds. The van der Waals surface area contributed by atoms with E-state index >= 15 is 0 Å². The SMILES string of the molecule is CC(Sc1n[nH]c2nc3ccccc3n12)C(F)(F)F. The van der Waals surface area contributed by atoms with E-state index in [1.807, 2.05) is 12.1 Å². The third kappa shape index (κ3) is 2.05. The second-order valence-corrected chi connectivity index (χ2v) is 5.38. The molecular weight excluding hydrogens is 277 g/mol. The van der Waals surface area contributed by atoms with Crippen LogP contribution in [-0.4, -0.2) is 31.0 Å². The fraction of sp³-hybridized carbons (Fsp3) is 0.273. The fourth-order valence-electron chi connectivity index (χ4n) is 1.75. The van der Waals surface area contributed by atoms with E-state index in [-0.39, 0.29) is 5.16 Å². The first kappa shape index (κ1) is 12.3. The molecule has 0 saturated carbocycles. The summed E-state index contributed by atoms with van der Waals surface area (Å²) in [5.41, 5.74) is 1.46. The summed E-state index contributed by atoms with van der Waals surface area (Å²) in [5, 5.41) is 5.28. The third-order valence-electron chi connectivity index (χ3n) is 2.75. The van der Waals surface area contributed by atoms with Gasteiger partial charge in [0.05, 0.1) is 11.0 Å². The molecule has 4 nitrogen and oxygen atoms in total. The quantitative estimate of drug-likeness (QED) is 0.735. The van der Waals surface area contributed by atoms with Crippen LogP contribution in [0.4, 0.5) is 13.2 Å². The van der Waals surface area contributed by atoms with E-state index in [1.54, 1.807) is 16.5 Å². The number of fused-ring (bicyclic) bond motifs is 3. The van der Waals surface area contributed by atoms with Crippen LogP contribution in [0.2, 0.25) is 0 Å². The van der Waals surface area contributed by atoms with E-state index in [9.17, 15) is 13.2 Å². The summed E-state index contributed by atoms with van der Waals surface area (Å²) in [6, 6.07) is 7.24. The minimum Gasteiger partial charge on any atom is -0.254 e. The Kier molecular flexibility index (Phi) is 2.70. The topological polar surface area (TPSA) is 46.0 Å². The standard InChI is InChI=1S/C11H9F3N4S/c1-6(11(12,13)14)19-10-17-16-9-15-7-4-2-3-5-8(7)18(9)10/h2-6H,1H3,(H,15,16). The van der Waals surface area contributed by atoms with Gasteiger partial charge in [0, 0.05) is 0 Å². The molecule has 2 aromatic heterocycles. The zero-order valence-electron chi connectivity index (χ0n) is 9.77. The summed E-state index contributed by atoms with van der Waals surface area (Å²) in [4.78, 5) is 4.26. The molecule has 0 bridgehead atoms. The van der Waals surface area contributed by atoms with Gasteiger partial charge in [-0.05, 0) is 19.1 Å². The molecule has 3 aromatic rings. The number of nitrogens with zero attached hydrogens (tertiary/aromatic N) is 3. The lowest BCUT2D eigenvalue weighted by Gasteiger charge is -2.13. The maximum absolute atomic E-state index is 12.6. The predicted octanol–water partition coefficient (Wildman–Crippen LogP) is 3.25. The Balaban J connectivity index is 2.09. The number of para-hydroxylation sites is 2. The number of imidazole rings is 1. The number of aromatic amines is 1. The van der Waals surface area contributed by atoms with Crippen molar-refractivity contribution in [3.05, 3.63) is 24.3 Å². The minimum atomic E-state index is -4.26. The van der Waals surface area contributed by atoms with Crippen molar-refractivity contribution in [2.24, 2.45) is 0 Å². The van der Waals surface area contributed by atoms with E-state index in [4.69, 9.17) is 0 Å². The minimum absolute atomic E-state index is 0.258. The highest BCUT2D eigenvalue weighted by atomic mass is 32.2. The van der Waals surface area contributed by atoms with Gasteiger partial charge in [0.1, 0.15) is 5.25 Å². The molecule has 0 fully saturated rings. The van der Waals surface area contributed by atoms with E-state index in [0.717, 1.165) is 18.0 Å². The zero-order chi connectivity index (χ0) is 13.6. The fourth-order valence-corrected chi connectivity index (χ4v) is 2.58. The van der Waals surface area contributed by atoms with Gasteiger partial charge in [0.15, 0.2) is 5.16 Å². The van der Waals surface area contributed by atoms with Gasteiger partial charge < -0.3 is 0 Å². The molecule has 2 heterocycles. The van der Waals surface area contributed by atoms with Crippen LogP contribution in [0, 0.1) is 0 Å². The molecule has 8 heteroatoms. The van der Waals surface area contributed by atoms with Crippen molar-refractivity contribution >= 4 is 28.6 Å². The first-order valence-corrected chi connectivity index (χ1v) is 6.40. The normalized spacial score (nSPS) is 14.3. The number of thioether (sulfide) groups is 1. The van der Waals surface area contributed by atoms with E-state index in [0.29, 0.717) is 17.5 Å². The molecular formula is C11H9F3N4S. The number of nitrogens with one attached hydrogen (secondary N) is 1. The summed E-state index contributed by atoms with van der Waals surface area (Å²) in [5.74, 6) is 0.443. The van der Waals surface area contributed by atoms with Gasteiger partial charge >= 0.3 is 6.18 Å². The lowest BCUT2D eigenvalue weighted by Crippen LogP contribution is -2.22. The van der Waals surface area contributed by atoms with E-state index in [1.165, 1.54) is 0 Å². The number of aromatic nitrogens is 4. The lowest BCUT2D eigenvalue weighted by atomic mass is 10.3. The van der Waals surface area contributed by atoms with E-state index in [2.05, 4.69) is 15.2 Å². The Morgan fingerprint density at radius 3 is 2.79 bits per heavy atom. The van der Waals surface area contributed by atoms with E-state index < -0.39 is 11.4 Å². The smallest absolute Gasteiger partial charge is 0.254 e. The second kappa shape index (κ2) is 4.16. The van der Waals surface area contributed by atoms with Crippen molar-refractivity contribution in [3.63, 3.8) is 0 Å². The van der Waals surface area contributed by atoms with Crippen LogP contribution in [0.5, 0.6) is 0 Å². The van der Waals surface area contributed by atoms with Crippen LogP contribution < -0.4 is 0 Å². The summed E-state index contributed by atoms with van der Waals surface area (Å²) in [7, 11) is 0. The number of alkyl halides is 3. The van der Waals surface area contributed by atoms with Crippen molar-refractivity contribution in [1.29, 1.82) is 0 Å². The van der Waals surface area contributed by atoms with Crippen molar-refractivity contribution in [1.82, 2.24) is 19.6 Å². The molecule has 1 unspecified atom stereocenters. The number of halogens is 3. The van der Waals surface area contributed by atoms with Gasteiger partial charge in [-0.2, -0.15) is 13.2 Å². The molecule has 0 aliphatic heterocycles. The van der Waals surface area contributed by atoms with Gasteiger partial charge in [-0.1, -0.05) is 23.9 Å². The van der Waals surface area contributed by atoms with Crippen LogP contribution in [-0.2, 0) is 0 Å². The van der Waals surface area contributed by atoms with Crippen LogP contribution in [0.15, 0.2) is 29.4 Å². The second-order valence-electron chi connectivity index (χ2n) is 4.07.